The van der Waals surface area contributed by atoms with Crippen molar-refractivity contribution in [3.05, 3.63) is 23.5 Å². The molecule has 1 rings (SSSR count). The van der Waals surface area contributed by atoms with Crippen molar-refractivity contribution in [2.45, 2.75) is 26.5 Å². The number of aliphatic hydroxyl groups excluding tert-OH is 1. The first kappa shape index (κ1) is 11.9. The van der Waals surface area contributed by atoms with Gasteiger partial charge in [0.05, 0.1) is 11.8 Å². The zero-order chi connectivity index (χ0) is 11.3. The van der Waals surface area contributed by atoms with Crippen LogP contribution in [0, 0.1) is 6.92 Å². The molecule has 15 heavy (non-hydrogen) atoms. The van der Waals surface area contributed by atoms with Crippen molar-refractivity contribution < 1.29 is 9.84 Å². The summed E-state index contributed by atoms with van der Waals surface area (Å²) in [7, 11) is 1.86. The third-order valence-corrected chi connectivity index (χ3v) is 1.90. The molecule has 0 aromatic carbocycles. The zero-order valence-corrected chi connectivity index (χ0v) is 9.45. The fourth-order valence-corrected chi connectivity index (χ4v) is 1.23. The second-order valence-electron chi connectivity index (χ2n) is 3.59. The van der Waals surface area contributed by atoms with Crippen molar-refractivity contribution in [3.63, 3.8) is 0 Å². The van der Waals surface area contributed by atoms with Gasteiger partial charge < -0.3 is 15.2 Å². The predicted molar refractivity (Wildman–Crippen MR) is 58.9 cm³/mol. The molecule has 0 bridgehead atoms. The lowest BCUT2D eigenvalue weighted by Gasteiger charge is -2.12. The van der Waals surface area contributed by atoms with Crippen molar-refractivity contribution in [2.75, 3.05) is 13.7 Å². The summed E-state index contributed by atoms with van der Waals surface area (Å²) in [6.07, 6.45) is -0.464. The van der Waals surface area contributed by atoms with Crippen LogP contribution in [-0.2, 0) is 6.54 Å². The Morgan fingerprint density at radius 3 is 2.87 bits per heavy atom. The molecule has 1 aromatic rings. The van der Waals surface area contributed by atoms with E-state index in [9.17, 15) is 0 Å². The number of aromatic nitrogens is 1. The Hall–Kier alpha value is -1.13. The van der Waals surface area contributed by atoms with E-state index in [1.807, 2.05) is 26.1 Å². The van der Waals surface area contributed by atoms with Gasteiger partial charge in [-0.05, 0) is 33.0 Å². The number of ether oxygens (including phenoxy) is 1. The van der Waals surface area contributed by atoms with E-state index >= 15 is 0 Å². The Balaban J connectivity index is 2.76. The second-order valence-corrected chi connectivity index (χ2v) is 3.59. The van der Waals surface area contributed by atoms with Gasteiger partial charge in [-0.2, -0.15) is 0 Å². The van der Waals surface area contributed by atoms with E-state index in [2.05, 4.69) is 10.3 Å². The van der Waals surface area contributed by atoms with E-state index in [1.54, 1.807) is 6.92 Å². The van der Waals surface area contributed by atoms with Gasteiger partial charge in [0.15, 0.2) is 0 Å². The van der Waals surface area contributed by atoms with Crippen LogP contribution in [0.3, 0.4) is 0 Å². The van der Waals surface area contributed by atoms with Crippen molar-refractivity contribution in [1.29, 1.82) is 0 Å². The molecule has 1 aromatic heterocycles. The van der Waals surface area contributed by atoms with Crippen molar-refractivity contribution in [1.82, 2.24) is 10.3 Å². The highest BCUT2D eigenvalue weighted by Crippen LogP contribution is 2.16. The van der Waals surface area contributed by atoms with Crippen molar-refractivity contribution >= 4 is 0 Å². The summed E-state index contributed by atoms with van der Waals surface area (Å²) in [5, 5.41) is 12.2. The molecule has 2 N–H and O–H groups in total. The SMILES string of the molecule is CNCc1nc(C)ccc1OCC(C)O. The summed E-state index contributed by atoms with van der Waals surface area (Å²) >= 11 is 0. The quantitative estimate of drug-likeness (QED) is 0.757. The minimum absolute atomic E-state index is 0.293. The minimum atomic E-state index is -0.464. The van der Waals surface area contributed by atoms with Gasteiger partial charge in [0.25, 0.3) is 0 Å². The van der Waals surface area contributed by atoms with Crippen molar-refractivity contribution in [2.24, 2.45) is 0 Å². The molecule has 0 saturated heterocycles. The lowest BCUT2D eigenvalue weighted by molar-refractivity contribution is 0.121. The molecule has 1 unspecified atom stereocenters. The van der Waals surface area contributed by atoms with E-state index in [-0.39, 0.29) is 0 Å². The molecule has 84 valence electrons. The molecule has 0 aliphatic rings. The van der Waals surface area contributed by atoms with Gasteiger partial charge in [0, 0.05) is 12.2 Å². The first-order chi connectivity index (χ1) is 7.13. The normalized spacial score (nSPS) is 12.5. The number of aliphatic hydroxyl groups is 1. The lowest BCUT2D eigenvalue weighted by Crippen LogP contribution is -2.16. The molecule has 1 heterocycles. The number of hydrogen-bond acceptors (Lipinski definition) is 4. The molecule has 1 atom stereocenters. The Morgan fingerprint density at radius 2 is 2.27 bits per heavy atom. The fraction of sp³-hybridized carbons (Fsp3) is 0.545. The van der Waals surface area contributed by atoms with Crippen molar-refractivity contribution in [3.8, 4) is 5.75 Å². The molecular weight excluding hydrogens is 192 g/mol. The average Bonchev–Trinajstić information content (AvgIpc) is 2.17. The maximum atomic E-state index is 9.13. The van der Waals surface area contributed by atoms with Crippen LogP contribution in [0.25, 0.3) is 0 Å². The standard InChI is InChI=1S/C11H18N2O2/c1-8-4-5-11(15-7-9(2)14)10(13-8)6-12-3/h4-5,9,12,14H,6-7H2,1-3H3. The second kappa shape index (κ2) is 5.68. The highest BCUT2D eigenvalue weighted by Gasteiger charge is 2.06. The molecule has 4 heteroatoms. The third-order valence-electron chi connectivity index (χ3n) is 1.90. The molecule has 0 radical (unpaired) electrons. The summed E-state index contributed by atoms with van der Waals surface area (Å²) < 4.78 is 5.45. The summed E-state index contributed by atoms with van der Waals surface area (Å²) in [6.45, 7) is 4.59. The third kappa shape index (κ3) is 3.85. The van der Waals surface area contributed by atoms with Crippen LogP contribution in [0.1, 0.15) is 18.3 Å². The summed E-state index contributed by atoms with van der Waals surface area (Å²) in [4.78, 5) is 4.37. The highest BCUT2D eigenvalue weighted by molar-refractivity contribution is 5.29. The number of hydrogen-bond donors (Lipinski definition) is 2. The average molecular weight is 210 g/mol. The van der Waals surface area contributed by atoms with E-state index in [4.69, 9.17) is 9.84 Å². The maximum absolute atomic E-state index is 9.13. The zero-order valence-electron chi connectivity index (χ0n) is 9.45. The fourth-order valence-electron chi connectivity index (χ4n) is 1.23. The van der Waals surface area contributed by atoms with Crippen LogP contribution in [0.4, 0.5) is 0 Å². The number of pyridine rings is 1. The number of aryl methyl sites for hydroxylation is 1. The minimum Gasteiger partial charge on any atom is -0.489 e. The van der Waals surface area contributed by atoms with Crippen LogP contribution >= 0.6 is 0 Å². The van der Waals surface area contributed by atoms with E-state index in [0.717, 1.165) is 17.1 Å². The van der Waals surface area contributed by atoms with E-state index < -0.39 is 6.10 Å². The van der Waals surface area contributed by atoms with Gasteiger partial charge in [0.2, 0.25) is 0 Å². The number of nitrogens with zero attached hydrogens (tertiary/aromatic N) is 1. The van der Waals surface area contributed by atoms with Crippen LogP contribution < -0.4 is 10.1 Å². The van der Waals surface area contributed by atoms with Gasteiger partial charge in [-0.1, -0.05) is 0 Å². The van der Waals surface area contributed by atoms with Gasteiger partial charge in [-0.25, -0.2) is 0 Å². The smallest absolute Gasteiger partial charge is 0.142 e. The Kier molecular flexibility index (Phi) is 4.52. The van der Waals surface area contributed by atoms with E-state index in [1.165, 1.54) is 0 Å². The predicted octanol–water partition coefficient (Wildman–Crippen LogP) is 0.869. The molecule has 0 fully saturated rings. The molecule has 4 nitrogen and oxygen atoms in total. The summed E-state index contributed by atoms with van der Waals surface area (Å²) in [5.74, 6) is 0.732. The Morgan fingerprint density at radius 1 is 1.53 bits per heavy atom. The molecule has 0 aliphatic carbocycles. The Labute approximate surface area is 90.3 Å². The monoisotopic (exact) mass is 210 g/mol. The van der Waals surface area contributed by atoms with Crippen LogP contribution in [0.15, 0.2) is 12.1 Å². The summed E-state index contributed by atoms with van der Waals surface area (Å²) in [6, 6.07) is 3.79. The van der Waals surface area contributed by atoms with E-state index in [0.29, 0.717) is 13.2 Å². The van der Waals surface area contributed by atoms with Crippen LogP contribution in [-0.4, -0.2) is 29.8 Å². The van der Waals surface area contributed by atoms with Gasteiger partial charge in [0.1, 0.15) is 12.4 Å². The van der Waals surface area contributed by atoms with Gasteiger partial charge in [-0.15, -0.1) is 0 Å². The maximum Gasteiger partial charge on any atom is 0.142 e. The topological polar surface area (TPSA) is 54.4 Å². The first-order valence-electron chi connectivity index (χ1n) is 5.05. The molecule has 0 aliphatic heterocycles. The molecule has 0 spiro atoms. The van der Waals surface area contributed by atoms with Crippen LogP contribution in [0.2, 0.25) is 0 Å². The molecule has 0 saturated carbocycles. The Bertz CT molecular complexity index is 313. The largest absolute Gasteiger partial charge is 0.489 e. The first-order valence-corrected chi connectivity index (χ1v) is 5.05. The highest BCUT2D eigenvalue weighted by atomic mass is 16.5. The molecular formula is C11H18N2O2. The summed E-state index contributed by atoms with van der Waals surface area (Å²) in [5.41, 5.74) is 1.84. The number of nitrogens with one attached hydrogen (secondary N) is 1. The van der Waals surface area contributed by atoms with Gasteiger partial charge >= 0.3 is 0 Å². The van der Waals surface area contributed by atoms with Crippen LogP contribution in [0.5, 0.6) is 5.75 Å². The number of rotatable bonds is 5. The van der Waals surface area contributed by atoms with Gasteiger partial charge in [-0.3, -0.25) is 4.98 Å². The lowest BCUT2D eigenvalue weighted by atomic mass is 10.3. The molecule has 0 amide bonds.